The molecule has 6 heteroatoms. The fraction of sp³-hybridized carbons (Fsp3) is 0.333. The largest absolute Gasteiger partial charge is 0.370 e. The Hall–Kier alpha value is -1.42. The van der Waals surface area contributed by atoms with Gasteiger partial charge in [0, 0.05) is 45.1 Å². The number of halogens is 2. The van der Waals surface area contributed by atoms with Gasteiger partial charge in [0.05, 0.1) is 22.0 Å². The van der Waals surface area contributed by atoms with Crippen molar-refractivity contribution in [1.82, 2.24) is 4.98 Å². The van der Waals surface area contributed by atoms with E-state index in [4.69, 9.17) is 10.2 Å². The monoisotopic (exact) mass is 503 g/mol. The van der Waals surface area contributed by atoms with Crippen LogP contribution in [-0.4, -0.2) is 18.1 Å². The minimum absolute atomic E-state index is 0.544. The molecule has 3 nitrogen and oxygen atoms in total. The van der Waals surface area contributed by atoms with Crippen LogP contribution in [0, 0.1) is 24.2 Å². The number of fused-ring (bicyclic) bond motifs is 1. The summed E-state index contributed by atoms with van der Waals surface area (Å²) in [5.41, 5.74) is 5.76. The van der Waals surface area contributed by atoms with E-state index in [1.807, 2.05) is 0 Å². The third kappa shape index (κ3) is 3.78. The Labute approximate surface area is 180 Å². The Morgan fingerprint density at radius 1 is 1.22 bits per heavy atom. The van der Waals surface area contributed by atoms with Gasteiger partial charge in [-0.3, -0.25) is 4.98 Å². The molecule has 0 unspecified atom stereocenters. The van der Waals surface area contributed by atoms with Crippen LogP contribution in [-0.2, 0) is 0 Å². The normalized spacial score (nSPS) is 15.3. The molecular formula is C21H19Br2N3S. The predicted molar refractivity (Wildman–Crippen MR) is 120 cm³/mol. The number of nitriles is 1. The maximum absolute atomic E-state index is 8.95. The number of benzene rings is 1. The van der Waals surface area contributed by atoms with E-state index in [9.17, 15) is 0 Å². The average molecular weight is 505 g/mol. The van der Waals surface area contributed by atoms with Crippen LogP contribution in [0.15, 0.2) is 38.6 Å². The summed E-state index contributed by atoms with van der Waals surface area (Å²) in [7, 11) is 0. The molecule has 0 N–H and O–H groups in total. The zero-order valence-electron chi connectivity index (χ0n) is 15.0. The maximum Gasteiger partial charge on any atom is 0.0912 e. The van der Waals surface area contributed by atoms with E-state index in [1.54, 1.807) is 11.3 Å². The second kappa shape index (κ2) is 7.90. The quantitative estimate of drug-likeness (QED) is 0.388. The number of nitrogens with zero attached hydrogens (tertiary/aromatic N) is 3. The van der Waals surface area contributed by atoms with E-state index < -0.39 is 0 Å². The van der Waals surface area contributed by atoms with Gasteiger partial charge in [-0.2, -0.15) is 5.26 Å². The summed E-state index contributed by atoms with van der Waals surface area (Å²) in [5, 5.41) is 11.2. The number of pyridine rings is 1. The molecule has 1 fully saturated rings. The molecule has 0 aliphatic carbocycles. The summed E-state index contributed by atoms with van der Waals surface area (Å²) in [6.45, 7) is 4.10. The van der Waals surface area contributed by atoms with Crippen molar-refractivity contribution in [3.8, 4) is 17.2 Å². The van der Waals surface area contributed by atoms with Gasteiger partial charge >= 0.3 is 0 Å². The van der Waals surface area contributed by atoms with Crippen LogP contribution >= 0.6 is 43.2 Å². The molecule has 0 radical (unpaired) electrons. The highest BCUT2D eigenvalue weighted by Gasteiger charge is 2.23. The van der Waals surface area contributed by atoms with Crippen molar-refractivity contribution < 1.29 is 0 Å². The molecule has 138 valence electrons. The smallest absolute Gasteiger partial charge is 0.0912 e. The van der Waals surface area contributed by atoms with Gasteiger partial charge in [0.15, 0.2) is 0 Å². The lowest BCUT2D eigenvalue weighted by atomic mass is 9.94. The van der Waals surface area contributed by atoms with Crippen molar-refractivity contribution in [2.75, 3.05) is 18.0 Å². The predicted octanol–water partition coefficient (Wildman–Crippen LogP) is 6.93. The van der Waals surface area contributed by atoms with Crippen LogP contribution in [0.5, 0.6) is 0 Å². The lowest BCUT2D eigenvalue weighted by Gasteiger charge is -2.33. The summed E-state index contributed by atoms with van der Waals surface area (Å²) in [6, 6.07) is 10.8. The second-order valence-electron chi connectivity index (χ2n) is 7.03. The van der Waals surface area contributed by atoms with E-state index in [1.165, 1.54) is 21.5 Å². The summed E-state index contributed by atoms with van der Waals surface area (Å²) in [6.07, 6.45) is 2.86. The van der Waals surface area contributed by atoms with Gasteiger partial charge in [-0.15, -0.1) is 11.3 Å². The Morgan fingerprint density at radius 3 is 2.70 bits per heavy atom. The Morgan fingerprint density at radius 2 is 2.00 bits per heavy atom. The number of thiophene rings is 1. The number of piperidine rings is 1. The first-order valence-corrected chi connectivity index (χ1v) is 11.5. The van der Waals surface area contributed by atoms with Gasteiger partial charge in [0.2, 0.25) is 0 Å². The van der Waals surface area contributed by atoms with Crippen molar-refractivity contribution in [3.05, 3.63) is 44.3 Å². The number of hydrogen-bond donors (Lipinski definition) is 0. The van der Waals surface area contributed by atoms with Crippen molar-refractivity contribution in [2.24, 2.45) is 5.92 Å². The van der Waals surface area contributed by atoms with E-state index in [2.05, 4.69) is 79.4 Å². The van der Waals surface area contributed by atoms with Gasteiger partial charge in [-0.05, 0) is 49.4 Å². The van der Waals surface area contributed by atoms with E-state index >= 15 is 0 Å². The standard InChI is InChI=1S/C21H19Br2N3S/c1-13-10-19(26-8-5-14(4-7-24)6-9-26)21-20(25-13)17(12-27-21)16-3-2-15(22)11-18(16)23/h2-3,10-12,14H,4-6,8-9H2,1H3. The molecule has 4 rings (SSSR count). The van der Waals surface area contributed by atoms with Crippen molar-refractivity contribution in [1.29, 1.82) is 5.26 Å². The van der Waals surface area contributed by atoms with Gasteiger partial charge < -0.3 is 4.90 Å². The Bertz CT molecular complexity index is 1030. The highest BCUT2D eigenvalue weighted by molar-refractivity contribution is 9.11. The van der Waals surface area contributed by atoms with Crippen LogP contribution in [0.4, 0.5) is 5.69 Å². The number of aryl methyl sites for hydroxylation is 1. The van der Waals surface area contributed by atoms with E-state index in [0.717, 1.165) is 46.1 Å². The summed E-state index contributed by atoms with van der Waals surface area (Å²) >= 11 is 9.00. The lowest BCUT2D eigenvalue weighted by Crippen LogP contribution is -2.33. The molecular weight excluding hydrogens is 486 g/mol. The number of aromatic nitrogens is 1. The molecule has 0 atom stereocenters. The zero-order chi connectivity index (χ0) is 19.0. The summed E-state index contributed by atoms with van der Waals surface area (Å²) in [4.78, 5) is 7.36. The molecule has 1 aliphatic heterocycles. The lowest BCUT2D eigenvalue weighted by molar-refractivity contribution is 0.413. The highest BCUT2D eigenvalue weighted by atomic mass is 79.9. The van der Waals surface area contributed by atoms with Crippen molar-refractivity contribution in [3.63, 3.8) is 0 Å². The Balaban J connectivity index is 1.74. The Kier molecular flexibility index (Phi) is 5.54. The molecule has 1 aliphatic rings. The molecule has 3 heterocycles. The molecule has 1 saturated heterocycles. The van der Waals surface area contributed by atoms with Crippen LogP contribution in [0.1, 0.15) is 25.0 Å². The van der Waals surface area contributed by atoms with Gasteiger partial charge in [-0.1, -0.05) is 37.9 Å². The van der Waals surface area contributed by atoms with Crippen LogP contribution in [0.3, 0.4) is 0 Å². The number of anilines is 1. The number of hydrogen-bond acceptors (Lipinski definition) is 4. The fourth-order valence-electron chi connectivity index (χ4n) is 3.76. The van der Waals surface area contributed by atoms with Crippen LogP contribution in [0.25, 0.3) is 21.3 Å². The van der Waals surface area contributed by atoms with Crippen LogP contribution < -0.4 is 4.90 Å². The molecule has 0 bridgehead atoms. The first kappa shape index (κ1) is 18.9. The minimum atomic E-state index is 0.544. The minimum Gasteiger partial charge on any atom is -0.370 e. The van der Waals surface area contributed by atoms with Gasteiger partial charge in [0.1, 0.15) is 0 Å². The van der Waals surface area contributed by atoms with E-state index in [0.29, 0.717) is 12.3 Å². The third-order valence-electron chi connectivity index (χ3n) is 5.19. The summed E-state index contributed by atoms with van der Waals surface area (Å²) < 4.78 is 3.38. The third-order valence-corrected chi connectivity index (χ3v) is 7.33. The molecule has 2 aromatic heterocycles. The highest BCUT2D eigenvalue weighted by Crippen LogP contribution is 2.42. The summed E-state index contributed by atoms with van der Waals surface area (Å²) in [5.74, 6) is 0.544. The number of rotatable bonds is 3. The molecule has 1 aromatic carbocycles. The van der Waals surface area contributed by atoms with Gasteiger partial charge in [0.25, 0.3) is 0 Å². The molecule has 0 spiro atoms. The van der Waals surface area contributed by atoms with E-state index in [-0.39, 0.29) is 0 Å². The first-order chi connectivity index (χ1) is 13.1. The molecule has 27 heavy (non-hydrogen) atoms. The van der Waals surface area contributed by atoms with Gasteiger partial charge in [-0.25, -0.2) is 0 Å². The van der Waals surface area contributed by atoms with Crippen molar-refractivity contribution >= 4 is 59.1 Å². The SMILES string of the molecule is Cc1cc(N2CCC(CC#N)CC2)c2scc(-c3ccc(Br)cc3Br)c2n1. The molecule has 0 amide bonds. The average Bonchev–Trinajstić information content (AvgIpc) is 3.05. The van der Waals surface area contributed by atoms with Crippen molar-refractivity contribution in [2.45, 2.75) is 26.2 Å². The van der Waals surface area contributed by atoms with Crippen LogP contribution in [0.2, 0.25) is 0 Å². The maximum atomic E-state index is 8.95. The fourth-order valence-corrected chi connectivity index (χ4v) is 6.07. The first-order valence-electron chi connectivity index (χ1n) is 9.03. The molecule has 3 aromatic rings. The zero-order valence-corrected chi connectivity index (χ0v) is 19.0. The second-order valence-corrected chi connectivity index (χ2v) is 9.68. The molecule has 0 saturated carbocycles. The topological polar surface area (TPSA) is 39.9 Å².